The molecule has 5 rings (SSSR count). The van der Waals surface area contributed by atoms with Crippen LogP contribution in [0, 0.1) is 13.8 Å². The van der Waals surface area contributed by atoms with Crippen LogP contribution in [0.2, 0.25) is 0 Å². The number of nitrogens with zero attached hydrogens (tertiary/aromatic N) is 3. The second kappa shape index (κ2) is 9.50. The molecule has 0 fully saturated rings. The summed E-state index contributed by atoms with van der Waals surface area (Å²) in [7, 11) is 2.19. The first-order chi connectivity index (χ1) is 17.3. The van der Waals surface area contributed by atoms with Crippen LogP contribution in [0.1, 0.15) is 67.5 Å². The van der Waals surface area contributed by atoms with Gasteiger partial charge in [0.1, 0.15) is 5.82 Å². The highest BCUT2D eigenvalue weighted by atomic mass is 15.1. The fraction of sp³-hybridized carbons (Fsp3) is 0.281. The molecule has 3 aromatic carbocycles. The van der Waals surface area contributed by atoms with Gasteiger partial charge in [0.15, 0.2) is 0 Å². The molecule has 1 aliphatic rings. The Morgan fingerprint density at radius 3 is 1.92 bits per heavy atom. The molecule has 0 unspecified atom stereocenters. The fourth-order valence-corrected chi connectivity index (χ4v) is 5.68. The van der Waals surface area contributed by atoms with Gasteiger partial charge in [-0.3, -0.25) is 0 Å². The number of hydrogen-bond acceptors (Lipinski definition) is 2. The summed E-state index contributed by atoms with van der Waals surface area (Å²) in [6.07, 6.45) is 4.36. The minimum absolute atomic E-state index is 0.0661. The zero-order chi connectivity index (χ0) is 25.6. The van der Waals surface area contributed by atoms with E-state index in [2.05, 4.69) is 137 Å². The number of benzene rings is 3. The molecule has 0 N–H and O–H groups in total. The molecule has 4 aromatic rings. The summed E-state index contributed by atoms with van der Waals surface area (Å²) in [6.45, 7) is 13.7. The molecule has 0 saturated carbocycles. The minimum atomic E-state index is 0.0661. The highest BCUT2D eigenvalue weighted by molar-refractivity contribution is 6.84. The summed E-state index contributed by atoms with van der Waals surface area (Å²) < 4.78 is 2.49. The van der Waals surface area contributed by atoms with Crippen molar-refractivity contribution in [2.75, 3.05) is 7.05 Å². The van der Waals surface area contributed by atoms with Crippen molar-refractivity contribution in [3.8, 4) is 17.1 Å². The molecule has 0 bridgehead atoms. The summed E-state index contributed by atoms with van der Waals surface area (Å²) in [4.78, 5) is 7.66. The van der Waals surface area contributed by atoms with Crippen molar-refractivity contribution in [1.82, 2.24) is 14.4 Å². The Hall–Kier alpha value is -3.53. The van der Waals surface area contributed by atoms with E-state index in [0.29, 0.717) is 11.8 Å². The number of aryl methyl sites for hydroxylation is 2. The van der Waals surface area contributed by atoms with Crippen molar-refractivity contribution in [2.45, 2.75) is 53.4 Å². The van der Waals surface area contributed by atoms with E-state index >= 15 is 0 Å². The van der Waals surface area contributed by atoms with Gasteiger partial charge in [-0.05, 0) is 61.6 Å². The zero-order valence-corrected chi connectivity index (χ0v) is 22.6. The molecule has 36 heavy (non-hydrogen) atoms. The molecule has 0 aliphatic carbocycles. The molecule has 1 aliphatic heterocycles. The normalized spacial score (nSPS) is 13.1. The molecule has 2 heterocycles. The Morgan fingerprint density at radius 1 is 0.750 bits per heavy atom. The molecule has 0 atom stereocenters. The molecule has 182 valence electrons. The third kappa shape index (κ3) is 3.99. The molecule has 0 saturated heterocycles. The lowest BCUT2D eigenvalue weighted by Crippen LogP contribution is -2.59. The van der Waals surface area contributed by atoms with E-state index in [0.717, 1.165) is 17.1 Å². The largest absolute Gasteiger partial charge is 0.414 e. The third-order valence-electron chi connectivity index (χ3n) is 7.49. The molecular weight excluding hydrogens is 437 g/mol. The first kappa shape index (κ1) is 24.2. The quantitative estimate of drug-likeness (QED) is 0.312. The van der Waals surface area contributed by atoms with Crippen molar-refractivity contribution >= 4 is 24.0 Å². The van der Waals surface area contributed by atoms with E-state index in [1.54, 1.807) is 0 Å². The van der Waals surface area contributed by atoms with Gasteiger partial charge in [-0.25, -0.2) is 4.98 Å². The van der Waals surface area contributed by atoms with Gasteiger partial charge in [-0.2, -0.15) is 0 Å². The Kier molecular flexibility index (Phi) is 6.38. The average Bonchev–Trinajstić information content (AvgIpc) is 3.24. The molecule has 4 heteroatoms. The second-order valence-corrected chi connectivity index (χ2v) is 10.7. The maximum atomic E-state index is 5.32. The van der Waals surface area contributed by atoms with Crippen molar-refractivity contribution in [3.05, 3.63) is 101 Å². The Morgan fingerprint density at radius 2 is 1.33 bits per heavy atom. The van der Waals surface area contributed by atoms with E-state index < -0.39 is 0 Å². The van der Waals surface area contributed by atoms with E-state index in [1.807, 2.05) is 0 Å². The number of imidazole rings is 1. The number of hydrogen-bond donors (Lipinski definition) is 0. The smallest absolute Gasteiger partial charge is 0.344 e. The SMILES string of the molecule is Cc1cccc(C)c1B1c2c(nc(-c3ccccc3)n2-c2c(C(C)C)cccc2C(C)C)C=CN1C. The summed E-state index contributed by atoms with van der Waals surface area (Å²) in [5, 5.41) is 0. The van der Waals surface area contributed by atoms with Crippen LogP contribution < -0.4 is 11.1 Å². The van der Waals surface area contributed by atoms with Crippen LogP contribution >= 0.6 is 0 Å². The summed E-state index contributed by atoms with van der Waals surface area (Å²) >= 11 is 0. The zero-order valence-electron chi connectivity index (χ0n) is 22.6. The number of para-hydroxylation sites is 1. The first-order valence-electron chi connectivity index (χ1n) is 13.1. The second-order valence-electron chi connectivity index (χ2n) is 10.7. The van der Waals surface area contributed by atoms with Crippen LogP contribution in [-0.2, 0) is 0 Å². The predicted octanol–water partition coefficient (Wildman–Crippen LogP) is 6.42. The summed E-state index contributed by atoms with van der Waals surface area (Å²) in [5.74, 6) is 1.78. The lowest BCUT2D eigenvalue weighted by Gasteiger charge is -2.32. The van der Waals surface area contributed by atoms with Gasteiger partial charge in [-0.15, -0.1) is 0 Å². The van der Waals surface area contributed by atoms with Gasteiger partial charge in [0.2, 0.25) is 0 Å². The highest BCUT2D eigenvalue weighted by Gasteiger charge is 2.37. The van der Waals surface area contributed by atoms with Crippen molar-refractivity contribution < 1.29 is 0 Å². The van der Waals surface area contributed by atoms with Crippen LogP contribution in [0.5, 0.6) is 0 Å². The molecule has 0 amide bonds. The maximum Gasteiger partial charge on any atom is 0.344 e. The molecular formula is C32H36BN3. The van der Waals surface area contributed by atoms with Crippen LogP contribution in [0.15, 0.2) is 72.9 Å². The van der Waals surface area contributed by atoms with Gasteiger partial charge >= 0.3 is 6.85 Å². The summed E-state index contributed by atoms with van der Waals surface area (Å²) in [6, 6.07) is 24.1. The first-order valence-corrected chi connectivity index (χ1v) is 13.1. The van der Waals surface area contributed by atoms with E-state index in [-0.39, 0.29) is 6.85 Å². The summed E-state index contributed by atoms with van der Waals surface area (Å²) in [5.41, 5.74) is 11.4. The molecule has 1 aromatic heterocycles. The standard InChI is InChI=1S/C32H36BN3/c1-21(2)26-17-12-18-27(22(3)4)30(26)36-31-28(34-32(36)25-15-9-8-10-16-25)19-20-35(7)33(31)29-23(5)13-11-14-24(29)6/h8-22H,1-7H3. The van der Waals surface area contributed by atoms with Crippen LogP contribution in [0.3, 0.4) is 0 Å². The van der Waals surface area contributed by atoms with Gasteiger partial charge in [0, 0.05) is 11.2 Å². The van der Waals surface area contributed by atoms with Gasteiger partial charge in [-0.1, -0.05) is 106 Å². The number of fused-ring (bicyclic) bond motifs is 1. The van der Waals surface area contributed by atoms with E-state index in [9.17, 15) is 0 Å². The van der Waals surface area contributed by atoms with Gasteiger partial charge in [0.25, 0.3) is 0 Å². The number of rotatable bonds is 5. The predicted molar refractivity (Wildman–Crippen MR) is 155 cm³/mol. The Balaban J connectivity index is 1.94. The van der Waals surface area contributed by atoms with Crippen LogP contribution in [0.25, 0.3) is 23.2 Å². The lowest BCUT2D eigenvalue weighted by molar-refractivity contribution is 0.723. The third-order valence-corrected chi connectivity index (χ3v) is 7.49. The molecule has 3 nitrogen and oxygen atoms in total. The van der Waals surface area contributed by atoms with Crippen molar-refractivity contribution in [1.29, 1.82) is 0 Å². The van der Waals surface area contributed by atoms with Crippen molar-refractivity contribution in [2.24, 2.45) is 0 Å². The molecule has 0 spiro atoms. The maximum absolute atomic E-state index is 5.32. The monoisotopic (exact) mass is 473 g/mol. The Bertz CT molecular complexity index is 1380. The van der Waals surface area contributed by atoms with Gasteiger partial charge in [0.05, 0.1) is 11.4 Å². The lowest BCUT2D eigenvalue weighted by atomic mass is 9.48. The van der Waals surface area contributed by atoms with E-state index in [4.69, 9.17) is 4.98 Å². The minimum Gasteiger partial charge on any atom is -0.414 e. The van der Waals surface area contributed by atoms with E-state index in [1.165, 1.54) is 39.0 Å². The Labute approximate surface area is 216 Å². The van der Waals surface area contributed by atoms with Crippen LogP contribution in [0.4, 0.5) is 0 Å². The van der Waals surface area contributed by atoms with Crippen molar-refractivity contribution in [3.63, 3.8) is 0 Å². The average molecular weight is 473 g/mol. The van der Waals surface area contributed by atoms with Gasteiger partial charge < -0.3 is 9.38 Å². The fourth-order valence-electron chi connectivity index (χ4n) is 5.68. The highest BCUT2D eigenvalue weighted by Crippen LogP contribution is 2.35. The topological polar surface area (TPSA) is 21.1 Å². The molecule has 0 radical (unpaired) electrons. The number of aromatic nitrogens is 2. The van der Waals surface area contributed by atoms with Crippen LogP contribution in [-0.4, -0.2) is 28.3 Å².